The van der Waals surface area contributed by atoms with Gasteiger partial charge in [-0.3, -0.25) is 4.79 Å². The molecule has 0 aliphatic carbocycles. The predicted molar refractivity (Wildman–Crippen MR) is 134 cm³/mol. The first-order valence-electron chi connectivity index (χ1n) is 12.2. The molecule has 4 rings (SSSR count). The number of amides is 2. The minimum Gasteiger partial charge on any atom is -0.465 e. The fourth-order valence-corrected chi connectivity index (χ4v) is 6.76. The number of rotatable bonds is 10. The Bertz CT molecular complexity index is 973. The van der Waals surface area contributed by atoms with Crippen molar-refractivity contribution in [1.29, 1.82) is 0 Å². The molecule has 6 nitrogen and oxygen atoms in total. The maximum Gasteiger partial charge on any atom is 0.321 e. The summed E-state index contributed by atoms with van der Waals surface area (Å²) in [6, 6.07) is 19.0. The minimum atomic E-state index is -1.40. The van der Waals surface area contributed by atoms with Crippen molar-refractivity contribution in [1.82, 2.24) is 9.80 Å². The molecule has 2 saturated heterocycles. The number of hydrogen-bond donors (Lipinski definition) is 1. The van der Waals surface area contributed by atoms with Crippen molar-refractivity contribution in [3.8, 4) is 0 Å². The molecular formula is C27H34N2O4S. The van der Waals surface area contributed by atoms with Crippen LogP contribution in [0, 0.1) is 5.92 Å². The van der Waals surface area contributed by atoms with Gasteiger partial charge < -0.3 is 19.6 Å². The van der Waals surface area contributed by atoms with Crippen molar-refractivity contribution in [3.05, 3.63) is 71.8 Å². The Hall–Kier alpha value is -2.51. The Kier molecular flexibility index (Phi) is 7.84. The van der Waals surface area contributed by atoms with E-state index in [2.05, 4.69) is 0 Å². The van der Waals surface area contributed by atoms with Crippen molar-refractivity contribution < 1.29 is 19.4 Å². The third-order valence-electron chi connectivity index (χ3n) is 6.70. The summed E-state index contributed by atoms with van der Waals surface area (Å²) in [4.78, 5) is 29.1. The number of nitrogens with zero attached hydrogens (tertiary/aromatic N) is 2. The number of hydrogen-bond acceptors (Lipinski definition) is 5. The van der Waals surface area contributed by atoms with Gasteiger partial charge in [-0.25, -0.2) is 4.79 Å². The highest BCUT2D eigenvalue weighted by Gasteiger charge is 2.64. The molecule has 7 heteroatoms. The summed E-state index contributed by atoms with van der Waals surface area (Å²) < 4.78 is 5.51. The van der Waals surface area contributed by atoms with Crippen LogP contribution in [0.2, 0.25) is 0 Å². The van der Waals surface area contributed by atoms with Gasteiger partial charge in [0.1, 0.15) is 4.93 Å². The van der Waals surface area contributed by atoms with E-state index in [9.17, 15) is 14.7 Å². The number of ether oxygens (including phenoxy) is 1. The summed E-state index contributed by atoms with van der Waals surface area (Å²) in [6.07, 6.45) is 1.99. The van der Waals surface area contributed by atoms with E-state index in [1.165, 1.54) is 11.8 Å². The van der Waals surface area contributed by atoms with E-state index in [1.807, 2.05) is 79.4 Å². The molecule has 0 bridgehead atoms. The second-order valence-corrected chi connectivity index (χ2v) is 10.4. The number of thioether (sulfide) groups is 1. The molecule has 2 aromatic carbocycles. The standard InChI is InChI=1S/C27H34N2O4S/c1-3-11-22(25(30)33-16-4-2)27(32)24-23(19-34-27)28(17-20-12-7-5-8-13-20)26(31)29(24)18-21-14-9-6-10-15-21/h5-10,12-15,22-24,32H,3-4,11,16-19H2,1-2H3/t22?,23-,24-,27?/m1/s1. The van der Waals surface area contributed by atoms with E-state index < -0.39 is 16.9 Å². The number of aliphatic hydroxyl groups is 1. The molecule has 1 N–H and O–H groups in total. The number of fused-ring (bicyclic) bond motifs is 1. The first kappa shape index (κ1) is 24.6. The number of carbonyl (C=O) groups excluding carboxylic acids is 2. The van der Waals surface area contributed by atoms with Crippen molar-refractivity contribution >= 4 is 23.8 Å². The van der Waals surface area contributed by atoms with Crippen molar-refractivity contribution in [2.24, 2.45) is 5.92 Å². The van der Waals surface area contributed by atoms with Crippen LogP contribution in [0.1, 0.15) is 44.2 Å². The molecule has 2 amide bonds. The van der Waals surface area contributed by atoms with Crippen molar-refractivity contribution in [3.63, 3.8) is 0 Å². The lowest BCUT2D eigenvalue weighted by Crippen LogP contribution is -2.55. The van der Waals surface area contributed by atoms with Crippen molar-refractivity contribution in [2.75, 3.05) is 12.4 Å². The van der Waals surface area contributed by atoms with Crippen LogP contribution in [-0.2, 0) is 22.6 Å². The first-order valence-corrected chi connectivity index (χ1v) is 13.2. The van der Waals surface area contributed by atoms with Gasteiger partial charge >= 0.3 is 12.0 Å². The highest BCUT2D eigenvalue weighted by molar-refractivity contribution is 8.00. The Morgan fingerprint density at radius 1 is 1.03 bits per heavy atom. The van der Waals surface area contributed by atoms with Gasteiger partial charge in [-0.15, -0.1) is 11.8 Å². The fraction of sp³-hybridized carbons (Fsp3) is 0.481. The van der Waals surface area contributed by atoms with E-state index in [1.54, 1.807) is 4.90 Å². The molecule has 2 fully saturated rings. The average Bonchev–Trinajstić information content (AvgIpc) is 3.33. The predicted octanol–water partition coefficient (Wildman–Crippen LogP) is 4.67. The van der Waals surface area contributed by atoms with Gasteiger partial charge in [0.15, 0.2) is 0 Å². The van der Waals surface area contributed by atoms with Crippen LogP contribution < -0.4 is 0 Å². The molecule has 2 heterocycles. The number of esters is 1. The lowest BCUT2D eigenvalue weighted by atomic mass is 9.88. The van der Waals surface area contributed by atoms with E-state index in [-0.39, 0.29) is 18.0 Å². The summed E-state index contributed by atoms with van der Waals surface area (Å²) in [5, 5.41) is 12.1. The molecule has 2 aromatic rings. The maximum atomic E-state index is 13.8. The fourth-order valence-electron chi connectivity index (χ4n) is 5.09. The zero-order valence-electron chi connectivity index (χ0n) is 19.9. The third kappa shape index (κ3) is 4.82. The molecule has 2 unspecified atom stereocenters. The van der Waals surface area contributed by atoms with Gasteiger partial charge in [0, 0.05) is 18.8 Å². The van der Waals surface area contributed by atoms with Crippen LogP contribution in [0.25, 0.3) is 0 Å². The molecule has 0 saturated carbocycles. The smallest absolute Gasteiger partial charge is 0.321 e. The topological polar surface area (TPSA) is 70.1 Å². The second-order valence-electron chi connectivity index (χ2n) is 9.09. The van der Waals surface area contributed by atoms with Crippen LogP contribution in [-0.4, -0.2) is 56.3 Å². The van der Waals surface area contributed by atoms with Gasteiger partial charge in [-0.1, -0.05) is 80.9 Å². The number of urea groups is 1. The zero-order valence-corrected chi connectivity index (χ0v) is 20.7. The zero-order chi connectivity index (χ0) is 24.1. The molecule has 0 aromatic heterocycles. The van der Waals surface area contributed by atoms with Gasteiger partial charge in [-0.05, 0) is 24.0 Å². The SMILES string of the molecule is CCCOC(=O)C(CCC)C1(O)SC[C@@H]2[C@H]1N(Cc1ccccc1)C(=O)N2Cc1ccccc1. The van der Waals surface area contributed by atoms with Gasteiger partial charge in [0.25, 0.3) is 0 Å². The Labute approximate surface area is 206 Å². The van der Waals surface area contributed by atoms with Crippen LogP contribution in [0.15, 0.2) is 60.7 Å². The van der Waals surface area contributed by atoms with Crippen LogP contribution in [0.5, 0.6) is 0 Å². The Morgan fingerprint density at radius 3 is 2.18 bits per heavy atom. The molecule has 4 atom stereocenters. The van der Waals surface area contributed by atoms with E-state index in [4.69, 9.17) is 4.74 Å². The van der Waals surface area contributed by atoms with Gasteiger partial charge in [0.05, 0.1) is 24.6 Å². The monoisotopic (exact) mass is 482 g/mol. The van der Waals surface area contributed by atoms with E-state index in [0.29, 0.717) is 31.9 Å². The molecule has 2 aliphatic rings. The van der Waals surface area contributed by atoms with Gasteiger partial charge in [0.2, 0.25) is 0 Å². The largest absolute Gasteiger partial charge is 0.465 e. The highest BCUT2D eigenvalue weighted by atomic mass is 32.2. The molecule has 182 valence electrons. The number of carbonyl (C=O) groups is 2. The Balaban J connectivity index is 1.69. The Morgan fingerprint density at radius 2 is 1.62 bits per heavy atom. The lowest BCUT2D eigenvalue weighted by molar-refractivity contribution is -0.156. The van der Waals surface area contributed by atoms with Crippen LogP contribution >= 0.6 is 11.8 Å². The van der Waals surface area contributed by atoms with Crippen LogP contribution in [0.4, 0.5) is 4.79 Å². The minimum absolute atomic E-state index is 0.0985. The molecule has 0 radical (unpaired) electrons. The molecule has 2 aliphatic heterocycles. The van der Waals surface area contributed by atoms with Crippen molar-refractivity contribution in [2.45, 2.75) is 63.2 Å². The van der Waals surface area contributed by atoms with E-state index in [0.717, 1.165) is 24.0 Å². The highest BCUT2D eigenvalue weighted by Crippen LogP contribution is 2.51. The molecule has 0 spiro atoms. The van der Waals surface area contributed by atoms with Gasteiger partial charge in [-0.2, -0.15) is 0 Å². The van der Waals surface area contributed by atoms with Crippen LogP contribution in [0.3, 0.4) is 0 Å². The van der Waals surface area contributed by atoms with E-state index >= 15 is 0 Å². The summed E-state index contributed by atoms with van der Waals surface area (Å²) in [7, 11) is 0. The maximum absolute atomic E-state index is 13.8. The second kappa shape index (κ2) is 10.8. The summed E-state index contributed by atoms with van der Waals surface area (Å²) in [5.41, 5.74) is 2.04. The molecule has 34 heavy (non-hydrogen) atoms. The average molecular weight is 483 g/mol. The summed E-state index contributed by atoms with van der Waals surface area (Å²) in [5.74, 6) is -0.480. The lowest BCUT2D eigenvalue weighted by Gasteiger charge is -2.38. The quantitative estimate of drug-likeness (QED) is 0.394. The number of benzene rings is 2. The molecular weight excluding hydrogens is 448 g/mol. The first-order chi connectivity index (χ1) is 16.5. The normalized spacial score (nSPS) is 24.9. The third-order valence-corrected chi connectivity index (χ3v) is 8.20. The summed E-state index contributed by atoms with van der Waals surface area (Å²) in [6.45, 7) is 5.15. The summed E-state index contributed by atoms with van der Waals surface area (Å²) >= 11 is 1.40.